The van der Waals surface area contributed by atoms with Crippen LogP contribution in [-0.2, 0) is 11.3 Å². The highest BCUT2D eigenvalue weighted by Crippen LogP contribution is 2.46. The first-order valence-corrected chi connectivity index (χ1v) is 10.5. The Morgan fingerprint density at radius 2 is 1.82 bits per heavy atom. The molecular formula is C21H15Cl3F4N4O. The van der Waals surface area contributed by atoms with Gasteiger partial charge in [-0.3, -0.25) is 0 Å². The van der Waals surface area contributed by atoms with Crippen molar-refractivity contribution in [2.24, 2.45) is 0 Å². The molecule has 0 saturated carbocycles. The van der Waals surface area contributed by atoms with E-state index in [9.17, 15) is 17.6 Å². The molecule has 3 aromatic rings. The van der Waals surface area contributed by atoms with Gasteiger partial charge < -0.3 is 9.64 Å². The summed E-state index contributed by atoms with van der Waals surface area (Å²) in [6.07, 6.45) is -3.98. The third-order valence-corrected chi connectivity index (χ3v) is 5.92. The Bertz CT molecular complexity index is 1180. The number of anilines is 1. The lowest BCUT2D eigenvalue weighted by Gasteiger charge is -2.34. The van der Waals surface area contributed by atoms with Crippen LogP contribution in [0, 0.1) is 5.82 Å². The minimum atomic E-state index is -4.60. The third kappa shape index (κ3) is 4.56. The predicted octanol–water partition coefficient (Wildman–Crippen LogP) is 6.60. The topological polar surface area (TPSA) is 40.6 Å². The standard InChI is InChI=1S/C21H15Cl3F4N4O/c1-31-11-32(20(24,30-31)18-13(22)5-4-6-15(18)25)16-7-2-3-8-17(16)33-19-14(23)9-12(10-29-19)21(26,27)28/h2-10,30H,11H2,1H3. The van der Waals surface area contributed by atoms with Gasteiger partial charge in [0.1, 0.15) is 10.8 Å². The Kier molecular flexibility index (Phi) is 6.36. The number of para-hydroxylation sites is 2. The molecule has 2 heterocycles. The summed E-state index contributed by atoms with van der Waals surface area (Å²) < 4.78 is 59.3. The number of hydrogen-bond donors (Lipinski definition) is 1. The van der Waals surface area contributed by atoms with E-state index in [0.29, 0.717) is 11.9 Å². The number of hydrazine groups is 1. The highest BCUT2D eigenvalue weighted by molar-refractivity contribution is 6.34. The number of alkyl halides is 4. The number of benzene rings is 2. The molecule has 0 radical (unpaired) electrons. The molecule has 4 rings (SSSR count). The molecule has 12 heteroatoms. The Balaban J connectivity index is 1.76. The number of hydrogen-bond acceptors (Lipinski definition) is 5. The van der Waals surface area contributed by atoms with Crippen LogP contribution in [0.2, 0.25) is 10.0 Å². The summed E-state index contributed by atoms with van der Waals surface area (Å²) in [5, 5.41) is -0.238. The van der Waals surface area contributed by atoms with Crippen LogP contribution >= 0.6 is 34.8 Å². The van der Waals surface area contributed by atoms with Crippen LogP contribution in [-0.4, -0.2) is 23.7 Å². The van der Waals surface area contributed by atoms with Crippen molar-refractivity contribution in [3.05, 3.63) is 81.7 Å². The fourth-order valence-electron chi connectivity index (χ4n) is 3.43. The van der Waals surface area contributed by atoms with Crippen LogP contribution in [0.4, 0.5) is 23.2 Å². The van der Waals surface area contributed by atoms with Crippen molar-refractivity contribution in [1.29, 1.82) is 0 Å². The van der Waals surface area contributed by atoms with Crippen LogP contribution < -0.4 is 15.1 Å². The van der Waals surface area contributed by atoms with Crippen LogP contribution in [0.5, 0.6) is 11.6 Å². The maximum Gasteiger partial charge on any atom is 0.417 e. The lowest BCUT2D eigenvalue weighted by molar-refractivity contribution is -0.137. The zero-order chi connectivity index (χ0) is 24.0. The van der Waals surface area contributed by atoms with E-state index in [2.05, 4.69) is 10.4 Å². The number of rotatable bonds is 4. The average molecular weight is 522 g/mol. The smallest absolute Gasteiger partial charge is 0.417 e. The van der Waals surface area contributed by atoms with Gasteiger partial charge in [-0.2, -0.15) is 13.2 Å². The molecule has 2 aromatic carbocycles. The van der Waals surface area contributed by atoms with Gasteiger partial charge in [-0.05, 0) is 30.3 Å². The lowest BCUT2D eigenvalue weighted by Crippen LogP contribution is -2.46. The fourth-order valence-corrected chi connectivity index (χ4v) is 4.47. The second-order valence-corrected chi connectivity index (χ2v) is 8.54. The Morgan fingerprint density at radius 1 is 1.09 bits per heavy atom. The number of nitrogens with one attached hydrogen (secondary N) is 1. The monoisotopic (exact) mass is 520 g/mol. The summed E-state index contributed by atoms with van der Waals surface area (Å²) in [6, 6.07) is 11.5. The number of halogens is 7. The second kappa shape index (κ2) is 8.81. The molecule has 0 bridgehead atoms. The molecular weight excluding hydrogens is 507 g/mol. The summed E-state index contributed by atoms with van der Waals surface area (Å²) in [4.78, 5) is 5.30. The highest BCUT2D eigenvalue weighted by Gasteiger charge is 2.47. The molecule has 1 saturated heterocycles. The molecule has 0 spiro atoms. The number of ether oxygens (including phenoxy) is 1. The minimum absolute atomic E-state index is 0.00169. The first-order valence-electron chi connectivity index (χ1n) is 9.40. The van der Waals surface area contributed by atoms with Crippen LogP contribution in [0.3, 0.4) is 0 Å². The summed E-state index contributed by atoms with van der Waals surface area (Å²) in [6.45, 7) is 0.183. The van der Waals surface area contributed by atoms with Gasteiger partial charge >= 0.3 is 6.18 Å². The van der Waals surface area contributed by atoms with Crippen molar-refractivity contribution in [3.8, 4) is 11.6 Å². The Morgan fingerprint density at radius 3 is 2.48 bits per heavy atom. The van der Waals surface area contributed by atoms with Gasteiger partial charge in [0.15, 0.2) is 5.75 Å². The maximum atomic E-state index is 14.8. The zero-order valence-electron chi connectivity index (χ0n) is 16.8. The number of nitrogens with zero attached hydrogens (tertiary/aromatic N) is 3. The van der Waals surface area contributed by atoms with Gasteiger partial charge in [0.05, 0.1) is 28.5 Å². The van der Waals surface area contributed by atoms with Crippen molar-refractivity contribution in [2.75, 3.05) is 18.6 Å². The molecule has 33 heavy (non-hydrogen) atoms. The van der Waals surface area contributed by atoms with Crippen LogP contribution in [0.15, 0.2) is 54.7 Å². The Labute approximate surface area is 201 Å². The maximum absolute atomic E-state index is 14.8. The van der Waals surface area contributed by atoms with Gasteiger partial charge in [-0.15, -0.1) is 0 Å². The summed E-state index contributed by atoms with van der Waals surface area (Å²) in [5.41, 5.74) is 2.36. The van der Waals surface area contributed by atoms with Crippen molar-refractivity contribution in [1.82, 2.24) is 15.4 Å². The first kappa shape index (κ1) is 23.8. The van der Waals surface area contributed by atoms with Crippen molar-refractivity contribution in [2.45, 2.75) is 11.3 Å². The van der Waals surface area contributed by atoms with Crippen molar-refractivity contribution < 1.29 is 22.3 Å². The van der Waals surface area contributed by atoms with E-state index in [1.165, 1.54) is 18.2 Å². The largest absolute Gasteiger partial charge is 0.435 e. The van der Waals surface area contributed by atoms with Gasteiger partial charge in [0, 0.05) is 13.2 Å². The molecule has 0 aliphatic carbocycles. The molecule has 1 atom stereocenters. The second-order valence-electron chi connectivity index (χ2n) is 7.18. The zero-order valence-corrected chi connectivity index (χ0v) is 19.1. The molecule has 1 fully saturated rings. The van der Waals surface area contributed by atoms with Crippen molar-refractivity contribution >= 4 is 40.5 Å². The summed E-state index contributed by atoms with van der Waals surface area (Å²) in [7, 11) is 1.70. The fraction of sp³-hybridized carbons (Fsp3) is 0.190. The summed E-state index contributed by atoms with van der Waals surface area (Å²) in [5.74, 6) is -0.681. The number of pyridine rings is 1. The van der Waals surface area contributed by atoms with Gasteiger partial charge in [0.2, 0.25) is 11.0 Å². The molecule has 0 amide bonds. The van der Waals surface area contributed by atoms with E-state index >= 15 is 0 Å². The van der Waals surface area contributed by atoms with E-state index in [1.807, 2.05) is 0 Å². The van der Waals surface area contributed by atoms with E-state index in [0.717, 1.165) is 6.07 Å². The van der Waals surface area contributed by atoms with E-state index in [1.54, 1.807) is 41.2 Å². The highest BCUT2D eigenvalue weighted by atomic mass is 35.5. The average Bonchev–Trinajstić information content (AvgIpc) is 3.03. The first-order chi connectivity index (χ1) is 15.5. The quantitative estimate of drug-likeness (QED) is 0.238. The molecule has 1 aliphatic rings. The predicted molar refractivity (Wildman–Crippen MR) is 118 cm³/mol. The van der Waals surface area contributed by atoms with Gasteiger partial charge in [0.25, 0.3) is 0 Å². The molecule has 1 aromatic heterocycles. The van der Waals surface area contributed by atoms with E-state index < -0.39 is 22.7 Å². The molecule has 174 valence electrons. The third-order valence-electron chi connectivity index (χ3n) is 4.86. The summed E-state index contributed by atoms with van der Waals surface area (Å²) >= 11 is 19.2. The molecule has 1 N–H and O–H groups in total. The van der Waals surface area contributed by atoms with Crippen LogP contribution in [0.1, 0.15) is 11.1 Å². The SMILES string of the molecule is CN1CN(c2ccccc2Oc2ncc(C(F)(F)F)cc2Cl)C(Cl)(c2c(F)cccc2Cl)N1. The molecule has 1 aliphatic heterocycles. The van der Waals surface area contributed by atoms with E-state index in [4.69, 9.17) is 39.5 Å². The lowest BCUT2D eigenvalue weighted by atomic mass is 10.1. The van der Waals surface area contributed by atoms with Gasteiger partial charge in [-0.25, -0.2) is 19.8 Å². The van der Waals surface area contributed by atoms with E-state index in [-0.39, 0.29) is 33.9 Å². The normalized spacial score (nSPS) is 19.2. The van der Waals surface area contributed by atoms with Crippen molar-refractivity contribution in [3.63, 3.8) is 0 Å². The van der Waals surface area contributed by atoms with Crippen LogP contribution in [0.25, 0.3) is 0 Å². The molecule has 5 nitrogen and oxygen atoms in total. The minimum Gasteiger partial charge on any atom is -0.435 e. The molecule has 1 unspecified atom stereocenters. The Hall–Kier alpha value is -2.30. The number of aromatic nitrogens is 1. The van der Waals surface area contributed by atoms with Gasteiger partial charge in [-0.1, -0.05) is 53.0 Å².